The number of aryl methyl sites for hydroxylation is 1. The van der Waals surface area contributed by atoms with Crippen molar-refractivity contribution in [3.8, 4) is 11.5 Å². The van der Waals surface area contributed by atoms with Gasteiger partial charge in [-0.3, -0.25) is 0 Å². The van der Waals surface area contributed by atoms with E-state index in [9.17, 15) is 8.42 Å². The monoisotopic (exact) mass is 399 g/mol. The van der Waals surface area contributed by atoms with E-state index in [0.29, 0.717) is 30.1 Å². The van der Waals surface area contributed by atoms with Crippen LogP contribution in [0.4, 0.5) is 0 Å². The lowest BCUT2D eigenvalue weighted by Gasteiger charge is -2.35. The third-order valence-corrected chi connectivity index (χ3v) is 5.74. The lowest BCUT2D eigenvalue weighted by Crippen LogP contribution is -2.33. The van der Waals surface area contributed by atoms with E-state index in [1.165, 1.54) is 0 Å². The van der Waals surface area contributed by atoms with E-state index in [-0.39, 0.29) is 17.8 Å². The summed E-state index contributed by atoms with van der Waals surface area (Å²) in [6.45, 7) is 6.48. The average Bonchev–Trinajstić information content (AvgIpc) is 2.66. The average molecular weight is 399 g/mol. The molecule has 6 nitrogen and oxygen atoms in total. The maximum Gasteiger partial charge on any atom is 0.428 e. The number of hydrogen-bond donors (Lipinski definition) is 0. The smallest absolute Gasteiger partial charge is 0.428 e. The molecular formula is C21H21NO5S. The minimum atomic E-state index is -4.08. The van der Waals surface area contributed by atoms with E-state index < -0.39 is 10.3 Å². The number of rotatable bonds is 3. The first kappa shape index (κ1) is 18.7. The van der Waals surface area contributed by atoms with Gasteiger partial charge in [-0.1, -0.05) is 42.0 Å². The molecule has 0 N–H and O–H groups in total. The van der Waals surface area contributed by atoms with Gasteiger partial charge < -0.3 is 13.7 Å². The molecule has 4 rings (SSSR count). The van der Waals surface area contributed by atoms with Crippen LogP contribution in [0.3, 0.4) is 0 Å². The zero-order valence-electron chi connectivity index (χ0n) is 15.7. The van der Waals surface area contributed by atoms with E-state index in [1.807, 2.05) is 31.2 Å². The van der Waals surface area contributed by atoms with Gasteiger partial charge in [0.15, 0.2) is 5.75 Å². The summed E-state index contributed by atoms with van der Waals surface area (Å²) in [6.07, 6.45) is 0.236. The van der Waals surface area contributed by atoms with Crippen LogP contribution in [0, 0.1) is 12.8 Å². The summed E-state index contributed by atoms with van der Waals surface area (Å²) in [5.74, 6) is 0.523. The molecule has 0 spiro atoms. The topological polar surface area (TPSA) is 74.2 Å². The van der Waals surface area contributed by atoms with Crippen molar-refractivity contribution in [2.45, 2.75) is 19.4 Å². The van der Waals surface area contributed by atoms with Gasteiger partial charge in [0.1, 0.15) is 5.75 Å². The molecule has 2 aliphatic rings. The van der Waals surface area contributed by atoms with Gasteiger partial charge in [0.05, 0.1) is 25.5 Å². The number of ether oxygens (including phenoxy) is 2. The van der Waals surface area contributed by atoms with Crippen LogP contribution >= 0.6 is 0 Å². The van der Waals surface area contributed by atoms with Gasteiger partial charge in [0.25, 0.3) is 0 Å². The molecule has 1 fully saturated rings. The third kappa shape index (κ3) is 3.55. The van der Waals surface area contributed by atoms with E-state index in [1.54, 1.807) is 25.3 Å². The van der Waals surface area contributed by atoms with Gasteiger partial charge in [-0.15, -0.1) is 4.40 Å². The Hall–Kier alpha value is -2.64. The number of hydrogen-bond acceptors (Lipinski definition) is 5. The number of fused-ring (bicyclic) bond motifs is 1. The molecule has 0 amide bonds. The highest BCUT2D eigenvalue weighted by Gasteiger charge is 2.38. The number of benzene rings is 2. The highest BCUT2D eigenvalue weighted by atomic mass is 32.2. The molecule has 2 aromatic rings. The molecule has 0 aromatic heterocycles. The largest absolute Gasteiger partial charge is 0.497 e. The van der Waals surface area contributed by atoms with Crippen molar-refractivity contribution < 1.29 is 22.1 Å². The Morgan fingerprint density at radius 1 is 1.21 bits per heavy atom. The zero-order chi connectivity index (χ0) is 19.9. The quantitative estimate of drug-likeness (QED) is 0.735. The predicted molar refractivity (Wildman–Crippen MR) is 106 cm³/mol. The third-order valence-electron chi connectivity index (χ3n) is 4.93. The molecule has 1 saturated heterocycles. The molecule has 2 aromatic carbocycles. The molecule has 2 aliphatic heterocycles. The SMILES string of the molecule is C=C1CO[C@H](c2cccc(C)c2)C(C2=NS(=O)(=O)Oc3ccc(OC)cc32)C1. The van der Waals surface area contributed by atoms with Crippen molar-refractivity contribution in [3.63, 3.8) is 0 Å². The van der Waals surface area contributed by atoms with E-state index >= 15 is 0 Å². The maximum atomic E-state index is 12.3. The van der Waals surface area contributed by atoms with Crippen LogP contribution < -0.4 is 8.92 Å². The molecule has 0 radical (unpaired) electrons. The van der Waals surface area contributed by atoms with Crippen LogP contribution in [0.25, 0.3) is 0 Å². The highest BCUT2D eigenvalue weighted by molar-refractivity contribution is 7.86. The Balaban J connectivity index is 1.86. The summed E-state index contributed by atoms with van der Waals surface area (Å²) >= 11 is 0. The molecule has 28 heavy (non-hydrogen) atoms. The van der Waals surface area contributed by atoms with Crippen LogP contribution in [0.5, 0.6) is 11.5 Å². The standard InChI is InChI=1S/C21H21NO5S/c1-13-5-4-6-15(9-13)21-18(10-14(2)12-26-21)20-17-11-16(25-3)7-8-19(17)27-28(23,24)22-20/h4-9,11,18,21H,2,10,12H2,1,3H3/t18?,21-/m1/s1. The van der Waals surface area contributed by atoms with Gasteiger partial charge in [-0.25, -0.2) is 0 Å². The Morgan fingerprint density at radius 3 is 2.79 bits per heavy atom. The van der Waals surface area contributed by atoms with Crippen LogP contribution in [0.15, 0.2) is 59.0 Å². The van der Waals surface area contributed by atoms with Crippen molar-refractivity contribution in [3.05, 3.63) is 71.3 Å². The first-order valence-corrected chi connectivity index (χ1v) is 10.3. The van der Waals surface area contributed by atoms with Crippen molar-refractivity contribution in [1.29, 1.82) is 0 Å². The molecule has 7 heteroatoms. The van der Waals surface area contributed by atoms with Gasteiger partial charge in [-0.05, 0) is 37.1 Å². The molecular weight excluding hydrogens is 378 g/mol. The predicted octanol–water partition coefficient (Wildman–Crippen LogP) is 3.76. The molecule has 2 heterocycles. The van der Waals surface area contributed by atoms with Crippen molar-refractivity contribution in [1.82, 2.24) is 0 Å². The summed E-state index contributed by atoms with van der Waals surface area (Å²) in [4.78, 5) is 0. The van der Waals surface area contributed by atoms with Gasteiger partial charge in [-0.2, -0.15) is 8.42 Å². The first-order chi connectivity index (χ1) is 13.4. The molecule has 0 aliphatic carbocycles. The summed E-state index contributed by atoms with van der Waals surface area (Å²) in [5, 5.41) is 0. The van der Waals surface area contributed by atoms with Gasteiger partial charge in [0.2, 0.25) is 0 Å². The summed E-state index contributed by atoms with van der Waals surface area (Å²) in [5.41, 5.74) is 3.98. The molecule has 146 valence electrons. The number of nitrogens with zero attached hydrogens (tertiary/aromatic N) is 1. The second kappa shape index (κ2) is 7.07. The fraction of sp³-hybridized carbons (Fsp3) is 0.286. The fourth-order valence-electron chi connectivity index (χ4n) is 3.69. The second-order valence-electron chi connectivity index (χ2n) is 7.06. The van der Waals surface area contributed by atoms with Crippen LogP contribution in [0.2, 0.25) is 0 Å². The Labute approximate surface area is 164 Å². The van der Waals surface area contributed by atoms with Crippen molar-refractivity contribution in [2.75, 3.05) is 13.7 Å². The molecule has 2 atom stereocenters. The van der Waals surface area contributed by atoms with Crippen LogP contribution in [-0.2, 0) is 15.0 Å². The highest BCUT2D eigenvalue weighted by Crippen LogP contribution is 2.42. The summed E-state index contributed by atoms with van der Waals surface area (Å²) in [7, 11) is -2.53. The Morgan fingerprint density at radius 2 is 2.04 bits per heavy atom. The lowest BCUT2D eigenvalue weighted by atomic mass is 9.81. The molecule has 0 bridgehead atoms. The van der Waals surface area contributed by atoms with Crippen molar-refractivity contribution >= 4 is 16.0 Å². The Kier molecular flexibility index (Phi) is 4.72. The normalized spacial score (nSPS) is 23.4. The van der Waals surface area contributed by atoms with Crippen LogP contribution in [0.1, 0.15) is 29.2 Å². The second-order valence-corrected chi connectivity index (χ2v) is 8.26. The maximum absolute atomic E-state index is 12.3. The van der Waals surface area contributed by atoms with Gasteiger partial charge >= 0.3 is 10.3 Å². The number of methoxy groups -OCH3 is 1. The minimum absolute atomic E-state index is 0.241. The van der Waals surface area contributed by atoms with Crippen molar-refractivity contribution in [2.24, 2.45) is 10.3 Å². The van der Waals surface area contributed by atoms with E-state index in [4.69, 9.17) is 13.7 Å². The zero-order valence-corrected chi connectivity index (χ0v) is 16.5. The fourth-order valence-corrected chi connectivity index (χ4v) is 4.58. The molecule has 1 unspecified atom stereocenters. The molecule has 0 saturated carbocycles. The minimum Gasteiger partial charge on any atom is -0.497 e. The van der Waals surface area contributed by atoms with Gasteiger partial charge in [0, 0.05) is 11.5 Å². The Bertz CT molecular complexity index is 1070. The summed E-state index contributed by atoms with van der Waals surface area (Å²) < 4.78 is 45.1. The first-order valence-electron chi connectivity index (χ1n) is 8.94. The van der Waals surface area contributed by atoms with E-state index in [0.717, 1.165) is 16.7 Å². The lowest BCUT2D eigenvalue weighted by molar-refractivity contribution is 0.0209. The van der Waals surface area contributed by atoms with Crippen LogP contribution in [-0.4, -0.2) is 27.8 Å². The summed E-state index contributed by atoms with van der Waals surface area (Å²) in [6, 6.07) is 13.0. The van der Waals surface area contributed by atoms with E-state index in [2.05, 4.69) is 11.0 Å².